The van der Waals surface area contributed by atoms with E-state index in [1.807, 2.05) is 0 Å². The average molecular weight is 263 g/mol. The number of benzene rings is 1. The first kappa shape index (κ1) is 14.4. The van der Waals surface area contributed by atoms with Crippen LogP contribution in [-0.2, 0) is 16.6 Å². The minimum absolute atomic E-state index is 0.170. The van der Waals surface area contributed by atoms with Crippen LogP contribution in [0.5, 0.6) is 5.75 Å². The summed E-state index contributed by atoms with van der Waals surface area (Å²) in [5.41, 5.74) is 8.71. The van der Waals surface area contributed by atoms with Gasteiger partial charge in [0.25, 0.3) is 0 Å². The van der Waals surface area contributed by atoms with Crippen molar-refractivity contribution < 1.29 is 9.47 Å². The lowest BCUT2D eigenvalue weighted by Crippen LogP contribution is -2.47. The lowest BCUT2D eigenvalue weighted by Gasteiger charge is -2.43. The molecule has 3 nitrogen and oxygen atoms in total. The van der Waals surface area contributed by atoms with Crippen LogP contribution in [0.4, 0.5) is 0 Å². The van der Waals surface area contributed by atoms with Crippen molar-refractivity contribution in [2.75, 3.05) is 20.3 Å². The van der Waals surface area contributed by atoms with Crippen LogP contribution in [0.3, 0.4) is 0 Å². The number of nitrogens with two attached hydrogens (primary N) is 1. The Hall–Kier alpha value is -1.06. The zero-order valence-electron chi connectivity index (χ0n) is 12.2. The number of hydrogen-bond acceptors (Lipinski definition) is 3. The van der Waals surface area contributed by atoms with Crippen LogP contribution < -0.4 is 10.5 Å². The van der Waals surface area contributed by atoms with E-state index in [0.717, 1.165) is 38.2 Å². The van der Waals surface area contributed by atoms with Crippen molar-refractivity contribution >= 4 is 0 Å². The molecule has 0 radical (unpaired) electrons. The second-order valence-electron chi connectivity index (χ2n) is 5.67. The fraction of sp³-hybridized carbons (Fsp3) is 0.625. The number of methoxy groups -OCH3 is 1. The maximum atomic E-state index is 5.90. The Kier molecular flexibility index (Phi) is 4.48. The lowest BCUT2D eigenvalue weighted by molar-refractivity contribution is -0.0657. The third kappa shape index (κ3) is 2.93. The Morgan fingerprint density at radius 3 is 2.63 bits per heavy atom. The molecule has 1 aromatic rings. The lowest BCUT2D eigenvalue weighted by atomic mass is 9.74. The Bertz CT molecular complexity index is 425. The predicted molar refractivity (Wildman–Crippen MR) is 77.8 cm³/mol. The van der Waals surface area contributed by atoms with Crippen LogP contribution in [0.2, 0.25) is 0 Å². The molecule has 0 aliphatic carbocycles. The third-order valence-electron chi connectivity index (χ3n) is 4.11. The summed E-state index contributed by atoms with van der Waals surface area (Å²) in [6.45, 7) is 5.86. The van der Waals surface area contributed by atoms with Gasteiger partial charge in [-0.3, -0.25) is 0 Å². The van der Waals surface area contributed by atoms with Crippen molar-refractivity contribution in [3.63, 3.8) is 0 Å². The van der Waals surface area contributed by atoms with E-state index in [1.54, 1.807) is 7.11 Å². The van der Waals surface area contributed by atoms with Crippen LogP contribution in [0.25, 0.3) is 0 Å². The molecule has 106 valence electrons. The van der Waals surface area contributed by atoms with E-state index in [2.05, 4.69) is 32.0 Å². The zero-order valence-corrected chi connectivity index (χ0v) is 12.2. The summed E-state index contributed by atoms with van der Waals surface area (Å²) in [5.74, 6) is 0.980. The van der Waals surface area contributed by atoms with Crippen molar-refractivity contribution in [1.82, 2.24) is 0 Å². The van der Waals surface area contributed by atoms with Gasteiger partial charge in [-0.25, -0.2) is 0 Å². The van der Waals surface area contributed by atoms with Gasteiger partial charge in [-0.2, -0.15) is 0 Å². The van der Waals surface area contributed by atoms with Gasteiger partial charge in [0.2, 0.25) is 0 Å². The Morgan fingerprint density at radius 2 is 2.16 bits per heavy atom. The smallest absolute Gasteiger partial charge is 0.122 e. The molecule has 1 saturated heterocycles. The van der Waals surface area contributed by atoms with Crippen LogP contribution in [0.15, 0.2) is 18.2 Å². The van der Waals surface area contributed by atoms with Gasteiger partial charge < -0.3 is 15.2 Å². The van der Waals surface area contributed by atoms with Crippen LogP contribution in [-0.4, -0.2) is 26.4 Å². The van der Waals surface area contributed by atoms with Crippen molar-refractivity contribution in [3.05, 3.63) is 29.3 Å². The summed E-state index contributed by atoms with van der Waals surface area (Å²) in [7, 11) is 1.73. The molecule has 1 heterocycles. The Morgan fingerprint density at radius 1 is 1.42 bits per heavy atom. The summed E-state index contributed by atoms with van der Waals surface area (Å²) < 4.78 is 10.9. The fourth-order valence-electron chi connectivity index (χ4n) is 2.69. The van der Waals surface area contributed by atoms with E-state index in [9.17, 15) is 0 Å². The molecule has 0 saturated carbocycles. The normalized spacial score (nSPS) is 18.7. The highest BCUT2D eigenvalue weighted by Crippen LogP contribution is 2.38. The highest BCUT2D eigenvalue weighted by molar-refractivity contribution is 5.41. The SMILES string of the molecule is CCc1cc(C2(CCC(C)N)COC2)ccc1OC. The molecule has 0 spiro atoms. The minimum atomic E-state index is 0.170. The van der Waals surface area contributed by atoms with Crippen molar-refractivity contribution in [2.45, 2.75) is 44.6 Å². The fourth-order valence-corrected chi connectivity index (χ4v) is 2.69. The van der Waals surface area contributed by atoms with E-state index in [-0.39, 0.29) is 11.5 Å². The molecule has 2 N–H and O–H groups in total. The molecule has 1 fully saturated rings. The van der Waals surface area contributed by atoms with Gasteiger partial charge in [-0.05, 0) is 43.4 Å². The van der Waals surface area contributed by atoms with Crippen molar-refractivity contribution in [3.8, 4) is 5.75 Å². The summed E-state index contributed by atoms with van der Waals surface area (Å²) >= 11 is 0. The summed E-state index contributed by atoms with van der Waals surface area (Å²) in [6.07, 6.45) is 3.12. The van der Waals surface area contributed by atoms with E-state index >= 15 is 0 Å². The summed E-state index contributed by atoms with van der Waals surface area (Å²) in [6, 6.07) is 6.80. The quantitative estimate of drug-likeness (QED) is 0.858. The molecule has 1 unspecified atom stereocenters. The van der Waals surface area contributed by atoms with Gasteiger partial charge in [0.15, 0.2) is 0 Å². The molecule has 1 aromatic carbocycles. The van der Waals surface area contributed by atoms with E-state index < -0.39 is 0 Å². The zero-order chi connectivity index (χ0) is 13.9. The second-order valence-corrected chi connectivity index (χ2v) is 5.67. The van der Waals surface area contributed by atoms with Crippen molar-refractivity contribution in [1.29, 1.82) is 0 Å². The molecule has 19 heavy (non-hydrogen) atoms. The average Bonchev–Trinajstić information content (AvgIpc) is 2.36. The predicted octanol–water partition coefficient (Wildman–Crippen LogP) is 2.65. The first-order valence-corrected chi connectivity index (χ1v) is 7.12. The summed E-state index contributed by atoms with van der Waals surface area (Å²) in [5, 5.41) is 0. The first-order valence-electron chi connectivity index (χ1n) is 7.12. The molecule has 1 atom stereocenters. The van der Waals surface area contributed by atoms with E-state index in [0.29, 0.717) is 0 Å². The number of aryl methyl sites for hydroxylation is 1. The van der Waals surface area contributed by atoms with Crippen LogP contribution >= 0.6 is 0 Å². The monoisotopic (exact) mass is 263 g/mol. The van der Waals surface area contributed by atoms with Gasteiger partial charge >= 0.3 is 0 Å². The van der Waals surface area contributed by atoms with Crippen LogP contribution in [0, 0.1) is 0 Å². The maximum Gasteiger partial charge on any atom is 0.122 e. The minimum Gasteiger partial charge on any atom is -0.496 e. The molecule has 1 aliphatic heterocycles. The molecule has 0 bridgehead atoms. The van der Waals surface area contributed by atoms with Gasteiger partial charge in [0.1, 0.15) is 5.75 Å². The Balaban J connectivity index is 2.23. The van der Waals surface area contributed by atoms with Gasteiger partial charge in [-0.15, -0.1) is 0 Å². The topological polar surface area (TPSA) is 44.5 Å². The largest absolute Gasteiger partial charge is 0.496 e. The van der Waals surface area contributed by atoms with Crippen LogP contribution in [0.1, 0.15) is 37.8 Å². The third-order valence-corrected chi connectivity index (χ3v) is 4.11. The molecule has 0 aromatic heterocycles. The molecule has 3 heteroatoms. The highest BCUT2D eigenvalue weighted by Gasteiger charge is 2.40. The Labute approximate surface area is 116 Å². The molecular formula is C16H25NO2. The van der Waals surface area contributed by atoms with Gasteiger partial charge in [0, 0.05) is 11.5 Å². The maximum absolute atomic E-state index is 5.90. The molecule has 0 amide bonds. The first-order chi connectivity index (χ1) is 9.11. The van der Waals surface area contributed by atoms with Gasteiger partial charge in [0.05, 0.1) is 20.3 Å². The highest BCUT2D eigenvalue weighted by atomic mass is 16.5. The number of ether oxygens (including phenoxy) is 2. The van der Waals surface area contributed by atoms with E-state index in [4.69, 9.17) is 15.2 Å². The molecular weight excluding hydrogens is 238 g/mol. The standard InChI is InChI=1S/C16H25NO2/c1-4-13-9-14(5-6-15(13)18-3)16(10-19-11-16)8-7-12(2)17/h5-6,9,12H,4,7-8,10-11,17H2,1-3H3. The molecule has 1 aliphatic rings. The van der Waals surface area contributed by atoms with Crippen molar-refractivity contribution in [2.24, 2.45) is 5.73 Å². The summed E-state index contributed by atoms with van der Waals surface area (Å²) in [4.78, 5) is 0. The molecule has 2 rings (SSSR count). The second kappa shape index (κ2) is 5.93. The number of hydrogen-bond donors (Lipinski definition) is 1. The van der Waals surface area contributed by atoms with E-state index in [1.165, 1.54) is 11.1 Å². The van der Waals surface area contributed by atoms with Gasteiger partial charge in [-0.1, -0.05) is 19.1 Å². The number of rotatable bonds is 6.